The molecule has 2 unspecified atom stereocenters. The first-order valence-corrected chi connectivity index (χ1v) is 5.16. The van der Waals surface area contributed by atoms with Crippen molar-refractivity contribution >= 4 is 0 Å². The second-order valence-electron chi connectivity index (χ2n) is 4.28. The number of nitrogens with two attached hydrogens (primary N) is 1. The average Bonchev–Trinajstić information content (AvgIpc) is 2.15. The van der Waals surface area contributed by atoms with Gasteiger partial charge in [0.25, 0.3) is 0 Å². The highest BCUT2D eigenvalue weighted by molar-refractivity contribution is 5.28. The van der Waals surface area contributed by atoms with Gasteiger partial charge in [0.15, 0.2) is 0 Å². The van der Waals surface area contributed by atoms with Crippen LogP contribution in [0.1, 0.15) is 43.9 Å². The summed E-state index contributed by atoms with van der Waals surface area (Å²) >= 11 is 0. The van der Waals surface area contributed by atoms with Gasteiger partial charge in [-0.15, -0.1) is 0 Å². The molecule has 0 fully saturated rings. The molecule has 84 valence electrons. The van der Waals surface area contributed by atoms with E-state index in [4.69, 9.17) is 5.73 Å². The zero-order chi connectivity index (χ0) is 11.6. The second-order valence-corrected chi connectivity index (χ2v) is 4.28. The molecular weight excluding hydrogens is 193 g/mol. The molecule has 0 aromatic heterocycles. The van der Waals surface area contributed by atoms with Crippen molar-refractivity contribution in [2.75, 3.05) is 0 Å². The van der Waals surface area contributed by atoms with Crippen LogP contribution in [0.2, 0.25) is 0 Å². The van der Waals surface area contributed by atoms with Crippen molar-refractivity contribution in [3.63, 3.8) is 0 Å². The van der Waals surface area contributed by atoms with Crippen LogP contribution in [0.5, 0.6) is 0 Å². The Bertz CT molecular complexity index is 336. The number of aliphatic hydroxyl groups excluding tert-OH is 1. The molecule has 0 radical (unpaired) electrons. The maximum absolute atomic E-state index is 13.3. The van der Waals surface area contributed by atoms with Gasteiger partial charge in [0.2, 0.25) is 0 Å². The molecule has 1 rings (SSSR count). The monoisotopic (exact) mass is 211 g/mol. The number of benzene rings is 1. The van der Waals surface area contributed by atoms with Crippen LogP contribution < -0.4 is 5.73 Å². The van der Waals surface area contributed by atoms with E-state index in [-0.39, 0.29) is 11.7 Å². The van der Waals surface area contributed by atoms with Crippen LogP contribution in [0.3, 0.4) is 0 Å². The van der Waals surface area contributed by atoms with Crippen molar-refractivity contribution in [2.24, 2.45) is 5.73 Å². The number of rotatable bonds is 3. The Hall–Kier alpha value is -0.930. The van der Waals surface area contributed by atoms with Gasteiger partial charge in [0.05, 0.1) is 6.10 Å². The fourth-order valence-corrected chi connectivity index (χ4v) is 1.44. The van der Waals surface area contributed by atoms with E-state index in [1.54, 1.807) is 6.92 Å². The third-order valence-corrected chi connectivity index (χ3v) is 2.45. The molecule has 0 saturated carbocycles. The van der Waals surface area contributed by atoms with Gasteiger partial charge in [0.1, 0.15) is 5.82 Å². The van der Waals surface area contributed by atoms with Crippen LogP contribution in [0, 0.1) is 5.82 Å². The van der Waals surface area contributed by atoms with E-state index in [1.165, 1.54) is 12.1 Å². The smallest absolute Gasteiger partial charge is 0.123 e. The number of halogens is 1. The third-order valence-electron chi connectivity index (χ3n) is 2.45. The summed E-state index contributed by atoms with van der Waals surface area (Å²) in [5, 5.41) is 9.74. The summed E-state index contributed by atoms with van der Waals surface area (Å²) in [5.74, 6) is -0.0874. The first-order chi connectivity index (χ1) is 6.91. The summed E-state index contributed by atoms with van der Waals surface area (Å²) < 4.78 is 13.3. The zero-order valence-corrected chi connectivity index (χ0v) is 9.37. The molecule has 0 heterocycles. The molecule has 0 bridgehead atoms. The Balaban J connectivity index is 3.09. The Morgan fingerprint density at radius 1 is 1.13 bits per heavy atom. The molecule has 1 aromatic rings. The summed E-state index contributed by atoms with van der Waals surface area (Å²) in [4.78, 5) is 0. The standard InChI is InChI=1S/C12H18FNO/c1-7(2)9-4-10(6-11(13)5-9)12(15)8(3)14/h4-8,12,15H,14H2,1-3H3. The van der Waals surface area contributed by atoms with E-state index in [0.29, 0.717) is 5.56 Å². The maximum Gasteiger partial charge on any atom is 0.123 e. The molecule has 0 saturated heterocycles. The topological polar surface area (TPSA) is 46.2 Å². The lowest BCUT2D eigenvalue weighted by atomic mass is 9.96. The lowest BCUT2D eigenvalue weighted by molar-refractivity contribution is 0.153. The van der Waals surface area contributed by atoms with E-state index in [9.17, 15) is 9.50 Å². The molecule has 0 aliphatic rings. The summed E-state index contributed by atoms with van der Waals surface area (Å²) in [7, 11) is 0. The molecule has 0 aliphatic heterocycles. The Morgan fingerprint density at radius 2 is 1.67 bits per heavy atom. The summed E-state index contributed by atoms with van der Waals surface area (Å²) in [6.07, 6.45) is -0.807. The minimum absolute atomic E-state index is 0.236. The molecule has 3 N–H and O–H groups in total. The van der Waals surface area contributed by atoms with Crippen LogP contribution in [-0.2, 0) is 0 Å². The van der Waals surface area contributed by atoms with Crippen LogP contribution >= 0.6 is 0 Å². The largest absolute Gasteiger partial charge is 0.387 e. The summed E-state index contributed by atoms with van der Waals surface area (Å²) in [6.45, 7) is 5.66. The summed E-state index contributed by atoms with van der Waals surface area (Å²) in [6, 6.07) is 4.23. The van der Waals surface area contributed by atoms with E-state index in [2.05, 4.69) is 0 Å². The molecule has 15 heavy (non-hydrogen) atoms. The fraction of sp³-hybridized carbons (Fsp3) is 0.500. The molecule has 2 nitrogen and oxygen atoms in total. The van der Waals surface area contributed by atoms with Gasteiger partial charge in [-0.05, 0) is 36.1 Å². The van der Waals surface area contributed by atoms with Gasteiger partial charge in [-0.1, -0.05) is 19.9 Å². The van der Waals surface area contributed by atoms with Gasteiger partial charge >= 0.3 is 0 Å². The normalized spacial score (nSPS) is 15.4. The highest BCUT2D eigenvalue weighted by atomic mass is 19.1. The van der Waals surface area contributed by atoms with Crippen molar-refractivity contribution in [2.45, 2.75) is 38.8 Å². The highest BCUT2D eigenvalue weighted by Crippen LogP contribution is 2.23. The Kier molecular flexibility index (Phi) is 3.83. The first-order valence-electron chi connectivity index (χ1n) is 5.16. The molecular formula is C12H18FNO. The van der Waals surface area contributed by atoms with Crippen LogP contribution in [0.25, 0.3) is 0 Å². The van der Waals surface area contributed by atoms with Gasteiger partial charge in [-0.25, -0.2) is 4.39 Å². The van der Waals surface area contributed by atoms with Crippen molar-refractivity contribution < 1.29 is 9.50 Å². The van der Waals surface area contributed by atoms with Crippen molar-refractivity contribution in [3.05, 3.63) is 35.1 Å². The average molecular weight is 211 g/mol. The third kappa shape index (κ3) is 3.01. The number of hydrogen-bond donors (Lipinski definition) is 2. The Morgan fingerprint density at radius 3 is 2.13 bits per heavy atom. The second kappa shape index (κ2) is 4.73. The minimum Gasteiger partial charge on any atom is -0.387 e. The van der Waals surface area contributed by atoms with E-state index in [0.717, 1.165) is 5.56 Å². The predicted octanol–water partition coefficient (Wildman–Crippen LogP) is 2.33. The van der Waals surface area contributed by atoms with E-state index < -0.39 is 12.1 Å². The number of hydrogen-bond acceptors (Lipinski definition) is 2. The molecule has 0 amide bonds. The molecule has 1 aromatic carbocycles. The fourth-order valence-electron chi connectivity index (χ4n) is 1.44. The molecule has 2 atom stereocenters. The van der Waals surface area contributed by atoms with Crippen LogP contribution in [0.15, 0.2) is 18.2 Å². The van der Waals surface area contributed by atoms with E-state index >= 15 is 0 Å². The number of aliphatic hydroxyl groups is 1. The summed E-state index contributed by atoms with van der Waals surface area (Å²) in [5.41, 5.74) is 7.00. The lowest BCUT2D eigenvalue weighted by Crippen LogP contribution is -2.24. The van der Waals surface area contributed by atoms with Crippen LogP contribution in [0.4, 0.5) is 4.39 Å². The van der Waals surface area contributed by atoms with Gasteiger partial charge in [0, 0.05) is 6.04 Å². The quantitative estimate of drug-likeness (QED) is 0.806. The molecule has 0 aliphatic carbocycles. The maximum atomic E-state index is 13.3. The van der Waals surface area contributed by atoms with Crippen molar-refractivity contribution in [1.29, 1.82) is 0 Å². The zero-order valence-electron chi connectivity index (χ0n) is 9.37. The SMILES string of the molecule is CC(C)c1cc(F)cc(C(O)C(C)N)c1. The lowest BCUT2D eigenvalue weighted by Gasteiger charge is -2.17. The predicted molar refractivity (Wildman–Crippen MR) is 59.1 cm³/mol. The van der Waals surface area contributed by atoms with Crippen molar-refractivity contribution in [3.8, 4) is 0 Å². The minimum atomic E-state index is -0.807. The van der Waals surface area contributed by atoms with Gasteiger partial charge in [-0.2, -0.15) is 0 Å². The van der Waals surface area contributed by atoms with Crippen LogP contribution in [-0.4, -0.2) is 11.1 Å². The molecule has 0 spiro atoms. The Labute approximate surface area is 89.9 Å². The highest BCUT2D eigenvalue weighted by Gasteiger charge is 2.14. The molecule has 3 heteroatoms. The van der Waals surface area contributed by atoms with Crippen molar-refractivity contribution in [1.82, 2.24) is 0 Å². The van der Waals surface area contributed by atoms with Gasteiger partial charge in [-0.3, -0.25) is 0 Å². The van der Waals surface area contributed by atoms with E-state index in [1.807, 2.05) is 19.9 Å². The first kappa shape index (κ1) is 12.1. The van der Waals surface area contributed by atoms with Gasteiger partial charge < -0.3 is 10.8 Å².